The van der Waals surface area contributed by atoms with Gasteiger partial charge in [0.1, 0.15) is 5.82 Å². The average molecular weight is 208 g/mol. The van der Waals surface area contributed by atoms with Gasteiger partial charge < -0.3 is 11.1 Å². The van der Waals surface area contributed by atoms with Crippen LogP contribution in [0.3, 0.4) is 0 Å². The van der Waals surface area contributed by atoms with Gasteiger partial charge in [0.15, 0.2) is 0 Å². The summed E-state index contributed by atoms with van der Waals surface area (Å²) in [6.45, 7) is 0.508. The number of benzene rings is 1. The molecule has 15 heavy (non-hydrogen) atoms. The van der Waals surface area contributed by atoms with E-state index in [1.165, 1.54) is 6.07 Å². The van der Waals surface area contributed by atoms with E-state index < -0.39 is 0 Å². The summed E-state index contributed by atoms with van der Waals surface area (Å²) in [4.78, 5) is 11.3. The van der Waals surface area contributed by atoms with Crippen molar-refractivity contribution >= 4 is 11.6 Å². The summed E-state index contributed by atoms with van der Waals surface area (Å²) in [6.07, 6.45) is 1.11. The Morgan fingerprint density at radius 2 is 2.33 bits per heavy atom. The van der Waals surface area contributed by atoms with E-state index in [2.05, 4.69) is 5.32 Å². The standard InChI is InChI=1S/C11H13FN2O/c12-9-3-1-2-8-7(4-5-13)6-10(15)14-11(8)9/h1-3,7H,4-6,13H2,(H,14,15). The number of para-hydroxylation sites is 1. The highest BCUT2D eigenvalue weighted by atomic mass is 19.1. The minimum Gasteiger partial charge on any atom is -0.330 e. The van der Waals surface area contributed by atoms with Crippen LogP contribution in [0.1, 0.15) is 24.3 Å². The summed E-state index contributed by atoms with van der Waals surface area (Å²) in [6, 6.07) is 4.86. The number of carbonyl (C=O) groups excluding carboxylic acids is 1. The molecule has 1 heterocycles. The van der Waals surface area contributed by atoms with E-state index in [1.54, 1.807) is 6.07 Å². The molecule has 1 amide bonds. The van der Waals surface area contributed by atoms with Gasteiger partial charge in [0, 0.05) is 6.42 Å². The molecule has 0 radical (unpaired) electrons. The van der Waals surface area contributed by atoms with Gasteiger partial charge in [-0.2, -0.15) is 0 Å². The SMILES string of the molecule is NCCC1CC(=O)Nc2c(F)cccc21. The molecule has 1 aliphatic rings. The molecule has 4 heteroatoms. The minimum absolute atomic E-state index is 0.0504. The summed E-state index contributed by atoms with van der Waals surface area (Å²) >= 11 is 0. The second-order valence-corrected chi connectivity index (χ2v) is 3.73. The molecule has 0 saturated heterocycles. The van der Waals surface area contributed by atoms with E-state index in [-0.39, 0.29) is 17.6 Å². The second kappa shape index (κ2) is 3.98. The number of rotatable bonds is 2. The molecule has 0 bridgehead atoms. The van der Waals surface area contributed by atoms with Crippen LogP contribution in [0.15, 0.2) is 18.2 Å². The summed E-state index contributed by atoms with van der Waals surface area (Å²) < 4.78 is 13.4. The van der Waals surface area contributed by atoms with Crippen molar-refractivity contribution < 1.29 is 9.18 Å². The fourth-order valence-corrected chi connectivity index (χ4v) is 2.00. The van der Waals surface area contributed by atoms with Crippen molar-refractivity contribution in [1.29, 1.82) is 0 Å². The van der Waals surface area contributed by atoms with Crippen molar-refractivity contribution in [2.75, 3.05) is 11.9 Å². The molecule has 0 fully saturated rings. The molecule has 1 aliphatic heterocycles. The quantitative estimate of drug-likeness (QED) is 0.775. The maximum absolute atomic E-state index is 13.4. The number of anilines is 1. The lowest BCUT2D eigenvalue weighted by Crippen LogP contribution is -2.25. The Labute approximate surface area is 87.5 Å². The number of fused-ring (bicyclic) bond motifs is 1. The maximum Gasteiger partial charge on any atom is 0.225 e. The lowest BCUT2D eigenvalue weighted by atomic mass is 9.88. The minimum atomic E-state index is -0.373. The zero-order valence-corrected chi connectivity index (χ0v) is 8.29. The van der Waals surface area contributed by atoms with Gasteiger partial charge in [0.25, 0.3) is 0 Å². The van der Waals surface area contributed by atoms with Crippen molar-refractivity contribution in [2.24, 2.45) is 5.73 Å². The predicted octanol–water partition coefficient (Wildman–Crippen LogP) is 1.60. The van der Waals surface area contributed by atoms with Crippen LogP contribution >= 0.6 is 0 Å². The smallest absolute Gasteiger partial charge is 0.225 e. The summed E-state index contributed by atoms with van der Waals surface area (Å²) in [7, 11) is 0. The van der Waals surface area contributed by atoms with Gasteiger partial charge in [-0.3, -0.25) is 4.79 Å². The van der Waals surface area contributed by atoms with Crippen molar-refractivity contribution in [2.45, 2.75) is 18.8 Å². The van der Waals surface area contributed by atoms with Crippen LogP contribution in [0.25, 0.3) is 0 Å². The van der Waals surface area contributed by atoms with Gasteiger partial charge >= 0.3 is 0 Å². The number of halogens is 1. The van der Waals surface area contributed by atoms with Crippen LogP contribution in [-0.4, -0.2) is 12.5 Å². The third-order valence-corrected chi connectivity index (χ3v) is 2.70. The Hall–Kier alpha value is -1.42. The Kier molecular flexibility index (Phi) is 2.68. The Morgan fingerprint density at radius 1 is 1.53 bits per heavy atom. The molecular formula is C11H13FN2O. The molecule has 0 saturated carbocycles. The largest absolute Gasteiger partial charge is 0.330 e. The zero-order chi connectivity index (χ0) is 10.8. The molecule has 1 aromatic rings. The van der Waals surface area contributed by atoms with Crippen LogP contribution < -0.4 is 11.1 Å². The average Bonchev–Trinajstić information content (AvgIpc) is 2.20. The second-order valence-electron chi connectivity index (χ2n) is 3.73. The van der Waals surface area contributed by atoms with Crippen LogP contribution in [0.4, 0.5) is 10.1 Å². The molecule has 0 spiro atoms. The lowest BCUT2D eigenvalue weighted by Gasteiger charge is -2.25. The van der Waals surface area contributed by atoms with Crippen LogP contribution in [0.2, 0.25) is 0 Å². The first-order chi connectivity index (χ1) is 7.22. The number of amides is 1. The van der Waals surface area contributed by atoms with Crippen LogP contribution in [0, 0.1) is 5.82 Å². The molecule has 80 valence electrons. The Balaban J connectivity index is 2.41. The highest BCUT2D eigenvalue weighted by Gasteiger charge is 2.26. The van der Waals surface area contributed by atoms with E-state index >= 15 is 0 Å². The van der Waals surface area contributed by atoms with Crippen molar-refractivity contribution in [3.63, 3.8) is 0 Å². The van der Waals surface area contributed by atoms with Crippen molar-refractivity contribution in [1.82, 2.24) is 0 Å². The highest BCUT2D eigenvalue weighted by molar-refractivity contribution is 5.94. The van der Waals surface area contributed by atoms with Gasteiger partial charge in [-0.1, -0.05) is 12.1 Å². The normalized spacial score (nSPS) is 19.6. The molecule has 2 rings (SSSR count). The van der Waals surface area contributed by atoms with E-state index in [1.807, 2.05) is 6.07 Å². The van der Waals surface area contributed by atoms with Gasteiger partial charge in [-0.25, -0.2) is 4.39 Å². The summed E-state index contributed by atoms with van der Waals surface area (Å²) in [5, 5.41) is 2.56. The number of carbonyl (C=O) groups is 1. The first-order valence-electron chi connectivity index (χ1n) is 5.00. The first kappa shape index (κ1) is 10.1. The monoisotopic (exact) mass is 208 g/mol. The molecule has 0 aromatic heterocycles. The van der Waals surface area contributed by atoms with Gasteiger partial charge in [0.05, 0.1) is 5.69 Å². The summed E-state index contributed by atoms with van der Waals surface area (Å²) in [5.41, 5.74) is 6.66. The fourth-order valence-electron chi connectivity index (χ4n) is 2.00. The Morgan fingerprint density at radius 3 is 3.07 bits per heavy atom. The third-order valence-electron chi connectivity index (χ3n) is 2.70. The highest BCUT2D eigenvalue weighted by Crippen LogP contribution is 2.35. The molecule has 1 unspecified atom stereocenters. The van der Waals surface area contributed by atoms with Gasteiger partial charge in [-0.05, 0) is 30.5 Å². The maximum atomic E-state index is 13.4. The van der Waals surface area contributed by atoms with E-state index in [9.17, 15) is 9.18 Å². The molecule has 0 aliphatic carbocycles. The number of hydrogen-bond acceptors (Lipinski definition) is 2. The van der Waals surface area contributed by atoms with Crippen LogP contribution in [0.5, 0.6) is 0 Å². The van der Waals surface area contributed by atoms with Crippen molar-refractivity contribution in [3.05, 3.63) is 29.6 Å². The molecule has 1 atom stereocenters. The number of hydrogen-bond donors (Lipinski definition) is 2. The predicted molar refractivity (Wildman–Crippen MR) is 56.1 cm³/mol. The van der Waals surface area contributed by atoms with Crippen LogP contribution in [-0.2, 0) is 4.79 Å². The molecule has 3 nitrogen and oxygen atoms in total. The molecule has 3 N–H and O–H groups in total. The first-order valence-corrected chi connectivity index (χ1v) is 5.00. The Bertz CT molecular complexity index is 392. The number of nitrogens with two attached hydrogens (primary N) is 1. The molecular weight excluding hydrogens is 195 g/mol. The van der Waals surface area contributed by atoms with E-state index in [0.29, 0.717) is 25.1 Å². The summed E-state index contributed by atoms with van der Waals surface area (Å²) in [5.74, 6) is -0.455. The van der Waals surface area contributed by atoms with Gasteiger partial charge in [-0.15, -0.1) is 0 Å². The van der Waals surface area contributed by atoms with Crippen molar-refractivity contribution in [3.8, 4) is 0 Å². The van der Waals surface area contributed by atoms with Gasteiger partial charge in [0.2, 0.25) is 5.91 Å². The third kappa shape index (κ3) is 1.85. The van der Waals surface area contributed by atoms with E-state index in [4.69, 9.17) is 5.73 Å². The zero-order valence-electron chi connectivity index (χ0n) is 8.29. The fraction of sp³-hybridized carbons (Fsp3) is 0.364. The topological polar surface area (TPSA) is 55.1 Å². The number of nitrogens with one attached hydrogen (secondary N) is 1. The molecule has 1 aromatic carbocycles. The van der Waals surface area contributed by atoms with E-state index in [0.717, 1.165) is 5.56 Å². The lowest BCUT2D eigenvalue weighted by molar-refractivity contribution is -0.116.